The van der Waals surface area contributed by atoms with Crippen LogP contribution in [0.25, 0.3) is 0 Å². The highest BCUT2D eigenvalue weighted by Crippen LogP contribution is 2.11. The molecule has 1 atom stereocenters. The zero-order chi connectivity index (χ0) is 13.4. The highest BCUT2D eigenvalue weighted by Gasteiger charge is 2.06. The first kappa shape index (κ1) is 15.5. The highest BCUT2D eigenvalue weighted by atomic mass is 35.5. The Bertz CT molecular complexity index is 324. The van der Waals surface area contributed by atoms with Gasteiger partial charge >= 0.3 is 0 Å². The molecule has 1 rings (SSSR count). The van der Waals surface area contributed by atoms with Crippen molar-refractivity contribution in [2.45, 2.75) is 26.8 Å². The lowest BCUT2D eigenvalue weighted by atomic mass is 10.1. The maximum atomic E-state index is 5.88. The third-order valence-corrected chi connectivity index (χ3v) is 3.16. The second kappa shape index (κ2) is 8.52. The van der Waals surface area contributed by atoms with Crippen LogP contribution >= 0.6 is 11.6 Å². The third kappa shape index (κ3) is 6.39. The predicted molar refractivity (Wildman–Crippen MR) is 80.1 cm³/mol. The maximum Gasteiger partial charge on any atom is 0.0406 e. The molecule has 0 spiro atoms. The Morgan fingerprint density at radius 3 is 2.56 bits per heavy atom. The monoisotopic (exact) mass is 268 g/mol. The van der Waals surface area contributed by atoms with E-state index in [0.717, 1.165) is 31.2 Å². The van der Waals surface area contributed by atoms with Crippen LogP contribution in [-0.4, -0.2) is 31.6 Å². The second-order valence-electron chi connectivity index (χ2n) is 5.13. The van der Waals surface area contributed by atoms with Crippen molar-refractivity contribution in [2.75, 3.05) is 26.7 Å². The fraction of sp³-hybridized carbons (Fsp3) is 0.600. The molecule has 2 nitrogen and oxygen atoms in total. The fourth-order valence-electron chi connectivity index (χ4n) is 2.09. The van der Waals surface area contributed by atoms with Crippen molar-refractivity contribution < 1.29 is 0 Å². The Hall–Kier alpha value is -0.570. The Labute approximate surface area is 116 Å². The average molecular weight is 269 g/mol. The molecule has 1 aromatic rings. The number of nitrogens with zero attached hydrogens (tertiary/aromatic N) is 1. The molecule has 1 N–H and O–H groups in total. The van der Waals surface area contributed by atoms with Crippen LogP contribution in [0.1, 0.15) is 25.8 Å². The van der Waals surface area contributed by atoms with Gasteiger partial charge in [-0.3, -0.25) is 0 Å². The van der Waals surface area contributed by atoms with E-state index in [4.69, 9.17) is 11.6 Å². The van der Waals surface area contributed by atoms with Crippen molar-refractivity contribution in [1.82, 2.24) is 10.2 Å². The molecule has 18 heavy (non-hydrogen) atoms. The Morgan fingerprint density at radius 1 is 1.28 bits per heavy atom. The summed E-state index contributed by atoms with van der Waals surface area (Å²) in [6.07, 6.45) is 1.20. The van der Waals surface area contributed by atoms with E-state index in [1.54, 1.807) is 0 Å². The van der Waals surface area contributed by atoms with E-state index in [1.807, 2.05) is 12.1 Å². The molecule has 102 valence electrons. The Balaban J connectivity index is 2.27. The molecule has 0 aromatic heterocycles. The molecule has 0 radical (unpaired) electrons. The van der Waals surface area contributed by atoms with Gasteiger partial charge in [-0.25, -0.2) is 0 Å². The maximum absolute atomic E-state index is 5.88. The summed E-state index contributed by atoms with van der Waals surface area (Å²) in [7, 11) is 2.17. The summed E-state index contributed by atoms with van der Waals surface area (Å²) in [5, 5.41) is 4.27. The zero-order valence-electron chi connectivity index (χ0n) is 11.7. The standard InChI is InChI=1S/C15H25ClN2/c1-4-9-17-10-13(2)11-18(3)12-14-5-7-15(16)8-6-14/h5-8,13,17H,4,9-12H2,1-3H3. The van der Waals surface area contributed by atoms with Crippen molar-refractivity contribution in [3.63, 3.8) is 0 Å². The van der Waals surface area contributed by atoms with Gasteiger partial charge in [-0.05, 0) is 50.2 Å². The molecule has 0 saturated carbocycles. The summed E-state index contributed by atoms with van der Waals surface area (Å²) in [5.74, 6) is 0.675. The summed E-state index contributed by atoms with van der Waals surface area (Å²) in [6, 6.07) is 8.10. The SMILES string of the molecule is CCCNCC(C)CN(C)Cc1ccc(Cl)cc1. The molecular formula is C15H25ClN2. The van der Waals surface area contributed by atoms with Gasteiger partial charge in [0.1, 0.15) is 0 Å². The zero-order valence-corrected chi connectivity index (χ0v) is 12.5. The van der Waals surface area contributed by atoms with Crippen molar-refractivity contribution in [3.8, 4) is 0 Å². The van der Waals surface area contributed by atoms with Gasteiger partial charge < -0.3 is 10.2 Å². The molecule has 1 aromatic carbocycles. The minimum absolute atomic E-state index is 0.675. The number of benzene rings is 1. The first-order valence-corrected chi connectivity index (χ1v) is 7.13. The van der Waals surface area contributed by atoms with Crippen molar-refractivity contribution in [3.05, 3.63) is 34.9 Å². The highest BCUT2D eigenvalue weighted by molar-refractivity contribution is 6.30. The van der Waals surface area contributed by atoms with Gasteiger partial charge in [-0.1, -0.05) is 37.6 Å². The van der Waals surface area contributed by atoms with E-state index in [-0.39, 0.29) is 0 Å². The first-order chi connectivity index (χ1) is 8.61. The molecular weight excluding hydrogens is 244 g/mol. The lowest BCUT2D eigenvalue weighted by Crippen LogP contribution is -2.31. The molecule has 0 aliphatic carbocycles. The van der Waals surface area contributed by atoms with E-state index in [9.17, 15) is 0 Å². The number of halogens is 1. The van der Waals surface area contributed by atoms with Crippen LogP contribution < -0.4 is 5.32 Å². The summed E-state index contributed by atoms with van der Waals surface area (Å²) in [4.78, 5) is 2.36. The van der Waals surface area contributed by atoms with Gasteiger partial charge in [0.25, 0.3) is 0 Å². The van der Waals surface area contributed by atoms with Gasteiger partial charge in [0.15, 0.2) is 0 Å². The summed E-state index contributed by atoms with van der Waals surface area (Å²) >= 11 is 5.88. The largest absolute Gasteiger partial charge is 0.316 e. The van der Waals surface area contributed by atoms with Crippen molar-refractivity contribution in [1.29, 1.82) is 0 Å². The number of hydrogen-bond acceptors (Lipinski definition) is 2. The van der Waals surface area contributed by atoms with Crippen LogP contribution in [0.15, 0.2) is 24.3 Å². The summed E-state index contributed by atoms with van der Waals surface area (Å²) in [6.45, 7) is 8.80. The molecule has 0 amide bonds. The fourth-order valence-corrected chi connectivity index (χ4v) is 2.21. The van der Waals surface area contributed by atoms with Crippen LogP contribution in [0.5, 0.6) is 0 Å². The molecule has 3 heteroatoms. The van der Waals surface area contributed by atoms with Crippen LogP contribution in [0, 0.1) is 5.92 Å². The normalized spacial score (nSPS) is 12.9. The van der Waals surface area contributed by atoms with Crippen LogP contribution in [-0.2, 0) is 6.54 Å². The number of nitrogens with one attached hydrogen (secondary N) is 1. The minimum atomic E-state index is 0.675. The minimum Gasteiger partial charge on any atom is -0.316 e. The van der Waals surface area contributed by atoms with Gasteiger partial charge in [0.2, 0.25) is 0 Å². The molecule has 1 unspecified atom stereocenters. The van der Waals surface area contributed by atoms with Gasteiger partial charge in [0, 0.05) is 18.1 Å². The van der Waals surface area contributed by atoms with Crippen molar-refractivity contribution >= 4 is 11.6 Å². The van der Waals surface area contributed by atoms with Crippen LogP contribution in [0.4, 0.5) is 0 Å². The van der Waals surface area contributed by atoms with E-state index in [0.29, 0.717) is 5.92 Å². The molecule has 0 heterocycles. The third-order valence-electron chi connectivity index (χ3n) is 2.91. The van der Waals surface area contributed by atoms with Crippen LogP contribution in [0.3, 0.4) is 0 Å². The predicted octanol–water partition coefficient (Wildman–Crippen LogP) is 3.41. The first-order valence-electron chi connectivity index (χ1n) is 6.75. The molecule has 0 aliphatic rings. The Morgan fingerprint density at radius 2 is 1.94 bits per heavy atom. The van der Waals surface area contributed by atoms with E-state index in [2.05, 4.69) is 43.2 Å². The van der Waals surface area contributed by atoms with E-state index in [1.165, 1.54) is 12.0 Å². The smallest absolute Gasteiger partial charge is 0.0406 e. The summed E-state index contributed by atoms with van der Waals surface area (Å²) < 4.78 is 0. The molecule has 0 saturated heterocycles. The quantitative estimate of drug-likeness (QED) is 0.727. The van der Waals surface area contributed by atoms with Gasteiger partial charge in [0.05, 0.1) is 0 Å². The number of hydrogen-bond donors (Lipinski definition) is 1. The lowest BCUT2D eigenvalue weighted by Gasteiger charge is -2.21. The molecule has 0 fully saturated rings. The average Bonchev–Trinajstić information content (AvgIpc) is 2.32. The topological polar surface area (TPSA) is 15.3 Å². The van der Waals surface area contributed by atoms with Crippen LogP contribution in [0.2, 0.25) is 5.02 Å². The number of rotatable bonds is 8. The van der Waals surface area contributed by atoms with E-state index < -0.39 is 0 Å². The second-order valence-corrected chi connectivity index (χ2v) is 5.57. The van der Waals surface area contributed by atoms with E-state index >= 15 is 0 Å². The Kier molecular flexibility index (Phi) is 7.33. The molecule has 0 aliphatic heterocycles. The van der Waals surface area contributed by atoms with Gasteiger partial charge in [-0.15, -0.1) is 0 Å². The van der Waals surface area contributed by atoms with Crippen molar-refractivity contribution in [2.24, 2.45) is 5.92 Å². The summed E-state index contributed by atoms with van der Waals surface area (Å²) in [5.41, 5.74) is 1.32. The molecule has 0 bridgehead atoms. The lowest BCUT2D eigenvalue weighted by molar-refractivity contribution is 0.274. The van der Waals surface area contributed by atoms with Gasteiger partial charge in [-0.2, -0.15) is 0 Å².